The zero-order valence-electron chi connectivity index (χ0n) is 16.8. The van der Waals surface area contributed by atoms with Gasteiger partial charge in [-0.3, -0.25) is 14.5 Å². The Morgan fingerprint density at radius 1 is 1.28 bits per heavy atom. The minimum Gasteiger partial charge on any atom is -0.493 e. The van der Waals surface area contributed by atoms with Crippen molar-refractivity contribution in [1.82, 2.24) is 15.5 Å². The van der Waals surface area contributed by atoms with Crippen LogP contribution in [0.1, 0.15) is 18.4 Å². The molecule has 29 heavy (non-hydrogen) atoms. The van der Waals surface area contributed by atoms with Gasteiger partial charge in [-0.05, 0) is 30.5 Å². The minimum atomic E-state index is -0.109. The maximum absolute atomic E-state index is 12.3. The van der Waals surface area contributed by atoms with Crippen molar-refractivity contribution in [2.45, 2.75) is 19.3 Å². The van der Waals surface area contributed by atoms with Gasteiger partial charge in [-0.2, -0.15) is 0 Å². The van der Waals surface area contributed by atoms with Gasteiger partial charge in [0.05, 0.1) is 20.8 Å². The van der Waals surface area contributed by atoms with Crippen LogP contribution in [0.4, 0.5) is 10.3 Å². The molecule has 156 valence electrons. The molecular formula is C19H25N5O4S. The van der Waals surface area contributed by atoms with E-state index in [4.69, 9.17) is 9.47 Å². The zero-order valence-corrected chi connectivity index (χ0v) is 17.6. The molecule has 2 amide bonds. The summed E-state index contributed by atoms with van der Waals surface area (Å²) >= 11 is 1.32. The first-order chi connectivity index (χ1) is 14.0. The molecule has 9 nitrogen and oxygen atoms in total. The summed E-state index contributed by atoms with van der Waals surface area (Å²) in [7, 11) is 4.97. The molecule has 1 N–H and O–H groups in total. The van der Waals surface area contributed by atoms with E-state index < -0.39 is 0 Å². The first-order valence-electron chi connectivity index (χ1n) is 9.34. The van der Waals surface area contributed by atoms with E-state index in [0.29, 0.717) is 47.7 Å². The average molecular weight is 420 g/mol. The maximum Gasteiger partial charge on any atom is 0.239 e. The van der Waals surface area contributed by atoms with Crippen molar-refractivity contribution in [3.05, 3.63) is 23.8 Å². The highest BCUT2D eigenvalue weighted by Crippen LogP contribution is 2.29. The predicted molar refractivity (Wildman–Crippen MR) is 111 cm³/mol. The molecule has 0 aliphatic carbocycles. The first kappa shape index (κ1) is 20.8. The van der Waals surface area contributed by atoms with E-state index in [2.05, 4.69) is 15.5 Å². The SMILES string of the molecule is COc1ccc(CCNC(=O)CN(C)c2nnc(N3CCCC3=O)s2)cc1OC. The van der Waals surface area contributed by atoms with Gasteiger partial charge in [-0.1, -0.05) is 17.4 Å². The molecule has 1 aromatic heterocycles. The quantitative estimate of drug-likeness (QED) is 0.657. The van der Waals surface area contributed by atoms with E-state index >= 15 is 0 Å². The molecule has 1 aliphatic heterocycles. The van der Waals surface area contributed by atoms with Crippen molar-refractivity contribution < 1.29 is 19.1 Å². The first-order valence-corrected chi connectivity index (χ1v) is 10.2. The topological polar surface area (TPSA) is 96.9 Å². The van der Waals surface area contributed by atoms with Gasteiger partial charge in [0.1, 0.15) is 0 Å². The van der Waals surface area contributed by atoms with Gasteiger partial charge in [0.15, 0.2) is 11.5 Å². The predicted octanol–water partition coefficient (Wildman–Crippen LogP) is 1.48. The smallest absolute Gasteiger partial charge is 0.239 e. The highest BCUT2D eigenvalue weighted by molar-refractivity contribution is 7.19. The molecule has 1 saturated heterocycles. The van der Waals surface area contributed by atoms with Crippen molar-refractivity contribution in [3.63, 3.8) is 0 Å². The number of nitrogens with one attached hydrogen (secondary N) is 1. The van der Waals surface area contributed by atoms with Crippen molar-refractivity contribution in [2.75, 3.05) is 50.7 Å². The third-order valence-electron chi connectivity index (χ3n) is 4.60. The second-order valence-corrected chi connectivity index (χ2v) is 7.60. The Bertz CT molecular complexity index is 872. The van der Waals surface area contributed by atoms with E-state index in [0.717, 1.165) is 12.0 Å². The highest BCUT2D eigenvalue weighted by Gasteiger charge is 2.25. The summed E-state index contributed by atoms with van der Waals surface area (Å²) in [5.74, 6) is 1.30. The summed E-state index contributed by atoms with van der Waals surface area (Å²) in [5.41, 5.74) is 1.04. The van der Waals surface area contributed by atoms with Gasteiger partial charge < -0.3 is 19.7 Å². The van der Waals surface area contributed by atoms with Crippen molar-refractivity contribution in [3.8, 4) is 11.5 Å². The van der Waals surface area contributed by atoms with Gasteiger partial charge in [-0.15, -0.1) is 10.2 Å². The molecule has 3 rings (SSSR count). The summed E-state index contributed by atoms with van der Waals surface area (Å²) in [4.78, 5) is 27.4. The number of rotatable bonds is 9. The number of hydrogen-bond donors (Lipinski definition) is 1. The second-order valence-electron chi connectivity index (χ2n) is 6.66. The molecular weight excluding hydrogens is 394 g/mol. The van der Waals surface area contributed by atoms with Crippen LogP contribution in [0.15, 0.2) is 18.2 Å². The lowest BCUT2D eigenvalue weighted by Gasteiger charge is -2.15. The number of aromatic nitrogens is 2. The van der Waals surface area contributed by atoms with Crippen LogP contribution >= 0.6 is 11.3 Å². The number of ether oxygens (including phenoxy) is 2. The number of anilines is 2. The van der Waals surface area contributed by atoms with Gasteiger partial charge >= 0.3 is 0 Å². The fourth-order valence-corrected chi connectivity index (χ4v) is 3.89. The zero-order chi connectivity index (χ0) is 20.8. The summed E-state index contributed by atoms with van der Waals surface area (Å²) in [5, 5.41) is 12.3. The maximum atomic E-state index is 12.3. The van der Waals surface area contributed by atoms with Crippen LogP contribution in [-0.2, 0) is 16.0 Å². The largest absolute Gasteiger partial charge is 0.493 e. The van der Waals surface area contributed by atoms with Gasteiger partial charge in [0.2, 0.25) is 22.1 Å². The van der Waals surface area contributed by atoms with Crippen molar-refractivity contribution >= 4 is 33.4 Å². The Morgan fingerprint density at radius 3 is 2.76 bits per heavy atom. The van der Waals surface area contributed by atoms with Crippen molar-refractivity contribution in [1.29, 1.82) is 0 Å². The lowest BCUT2D eigenvalue weighted by Crippen LogP contribution is -2.36. The van der Waals surface area contributed by atoms with Crippen LogP contribution in [0.25, 0.3) is 0 Å². The van der Waals surface area contributed by atoms with E-state index in [9.17, 15) is 9.59 Å². The van der Waals surface area contributed by atoms with Crippen LogP contribution in [0.5, 0.6) is 11.5 Å². The number of amides is 2. The summed E-state index contributed by atoms with van der Waals surface area (Å²) < 4.78 is 10.5. The van der Waals surface area contributed by atoms with E-state index in [1.165, 1.54) is 11.3 Å². The standard InChI is InChI=1S/C19H25N5O4S/c1-23(18-21-22-19(29-18)24-10-4-5-17(24)26)12-16(25)20-9-8-13-6-7-14(27-2)15(11-13)28-3/h6-7,11H,4-5,8-10,12H2,1-3H3,(H,20,25). The summed E-state index contributed by atoms with van der Waals surface area (Å²) in [6.45, 7) is 1.34. The van der Waals surface area contributed by atoms with Gasteiger partial charge in [-0.25, -0.2) is 0 Å². The Balaban J connectivity index is 1.47. The van der Waals surface area contributed by atoms with E-state index in [-0.39, 0.29) is 18.4 Å². The highest BCUT2D eigenvalue weighted by atomic mass is 32.1. The number of likely N-dealkylation sites (N-methyl/N-ethyl adjacent to an activating group) is 1. The molecule has 0 radical (unpaired) electrons. The van der Waals surface area contributed by atoms with Gasteiger partial charge in [0, 0.05) is 26.6 Å². The number of nitrogens with zero attached hydrogens (tertiary/aromatic N) is 4. The van der Waals surface area contributed by atoms with Crippen LogP contribution in [0.2, 0.25) is 0 Å². The molecule has 1 aliphatic rings. The molecule has 0 atom stereocenters. The Kier molecular flexibility index (Phi) is 6.86. The molecule has 0 spiro atoms. The number of benzene rings is 1. The number of carbonyl (C=O) groups is 2. The van der Waals surface area contributed by atoms with Crippen LogP contribution in [0.3, 0.4) is 0 Å². The molecule has 2 heterocycles. The van der Waals surface area contributed by atoms with Crippen molar-refractivity contribution in [2.24, 2.45) is 0 Å². The van der Waals surface area contributed by atoms with E-state index in [1.54, 1.807) is 31.1 Å². The van der Waals surface area contributed by atoms with Crippen LogP contribution in [0, 0.1) is 0 Å². The van der Waals surface area contributed by atoms with Crippen LogP contribution in [-0.4, -0.2) is 62.9 Å². The second kappa shape index (κ2) is 9.55. The number of methoxy groups -OCH3 is 2. The molecule has 1 fully saturated rings. The third-order valence-corrected chi connectivity index (χ3v) is 5.66. The molecule has 0 bridgehead atoms. The average Bonchev–Trinajstić information content (AvgIpc) is 3.36. The molecule has 0 saturated carbocycles. The van der Waals surface area contributed by atoms with Gasteiger partial charge in [0.25, 0.3) is 0 Å². The molecule has 10 heteroatoms. The van der Waals surface area contributed by atoms with E-state index in [1.807, 2.05) is 18.2 Å². The molecule has 2 aromatic rings. The number of carbonyl (C=O) groups excluding carboxylic acids is 2. The van der Waals surface area contributed by atoms with Crippen LogP contribution < -0.4 is 24.6 Å². The number of hydrogen-bond acceptors (Lipinski definition) is 8. The normalized spacial score (nSPS) is 13.5. The Hall–Kier alpha value is -2.88. The summed E-state index contributed by atoms with van der Waals surface area (Å²) in [6, 6.07) is 5.70. The lowest BCUT2D eigenvalue weighted by molar-refractivity contribution is -0.119. The Morgan fingerprint density at radius 2 is 2.07 bits per heavy atom. The monoisotopic (exact) mass is 419 g/mol. The fourth-order valence-electron chi connectivity index (χ4n) is 3.04. The molecule has 1 aromatic carbocycles. The Labute approximate surface area is 173 Å². The molecule has 0 unspecified atom stereocenters. The lowest BCUT2D eigenvalue weighted by atomic mass is 10.1. The third kappa shape index (κ3) is 5.14. The minimum absolute atomic E-state index is 0.0725. The fraction of sp³-hybridized carbons (Fsp3) is 0.474. The summed E-state index contributed by atoms with van der Waals surface area (Å²) in [6.07, 6.45) is 2.06.